The monoisotopic (exact) mass is 466 g/mol. The number of carbonyl (C=O) groups is 3. The van der Waals surface area contributed by atoms with Crippen LogP contribution in [0.15, 0.2) is 48.8 Å². The van der Waals surface area contributed by atoms with E-state index in [0.29, 0.717) is 50.2 Å². The number of nitrogens with zero attached hydrogens (tertiary/aromatic N) is 3. The maximum atomic E-state index is 13.8. The Labute approximate surface area is 199 Å². The van der Waals surface area contributed by atoms with Gasteiger partial charge in [0, 0.05) is 56.9 Å². The number of nitrogens with one attached hydrogen (secondary N) is 1. The molecule has 180 valence electrons. The highest BCUT2D eigenvalue weighted by Gasteiger charge is 2.54. The SMILES string of the molecule is CCC(=O)N1CCC2(CC1)OC[C@H](C(=O)NCc1cccnc1)N2C(=O)c1cccc(OC)c1. The van der Waals surface area contributed by atoms with E-state index in [0.717, 1.165) is 5.56 Å². The third-order valence-corrected chi connectivity index (χ3v) is 6.49. The van der Waals surface area contributed by atoms with Crippen LogP contribution >= 0.6 is 0 Å². The number of methoxy groups -OCH3 is 1. The van der Waals surface area contributed by atoms with Crippen molar-refractivity contribution in [3.63, 3.8) is 0 Å². The van der Waals surface area contributed by atoms with Crippen molar-refractivity contribution < 1.29 is 23.9 Å². The normalized spacial score (nSPS) is 19.2. The molecule has 9 nitrogen and oxygen atoms in total. The minimum absolute atomic E-state index is 0.0734. The molecule has 2 aliphatic heterocycles. The van der Waals surface area contributed by atoms with Crippen LogP contribution in [0, 0.1) is 0 Å². The topological polar surface area (TPSA) is 101 Å². The number of likely N-dealkylation sites (tertiary alicyclic amines) is 1. The van der Waals surface area contributed by atoms with Gasteiger partial charge in [-0.25, -0.2) is 0 Å². The summed E-state index contributed by atoms with van der Waals surface area (Å²) in [6, 6.07) is 9.77. The molecule has 3 heterocycles. The van der Waals surface area contributed by atoms with Gasteiger partial charge in [-0.05, 0) is 29.8 Å². The molecule has 2 saturated heterocycles. The lowest BCUT2D eigenvalue weighted by Crippen LogP contribution is -2.59. The molecule has 3 amide bonds. The number of rotatable bonds is 6. The van der Waals surface area contributed by atoms with E-state index in [4.69, 9.17) is 9.47 Å². The minimum Gasteiger partial charge on any atom is -0.497 e. The second-order valence-electron chi connectivity index (χ2n) is 8.49. The second kappa shape index (κ2) is 10.2. The van der Waals surface area contributed by atoms with Gasteiger partial charge in [0.2, 0.25) is 11.8 Å². The summed E-state index contributed by atoms with van der Waals surface area (Å²) < 4.78 is 11.5. The Morgan fingerprint density at radius 1 is 1.21 bits per heavy atom. The fourth-order valence-electron chi connectivity index (χ4n) is 4.60. The molecule has 2 aromatic rings. The first-order chi connectivity index (χ1) is 16.5. The predicted octanol–water partition coefficient (Wildman–Crippen LogP) is 1.98. The Bertz CT molecular complexity index is 1040. The van der Waals surface area contributed by atoms with Crippen molar-refractivity contribution in [3.8, 4) is 5.75 Å². The lowest BCUT2D eigenvalue weighted by Gasteiger charge is -2.44. The zero-order valence-corrected chi connectivity index (χ0v) is 19.5. The van der Waals surface area contributed by atoms with Gasteiger partial charge in [-0.1, -0.05) is 19.1 Å². The molecule has 1 aromatic carbocycles. The predicted molar refractivity (Wildman–Crippen MR) is 124 cm³/mol. The van der Waals surface area contributed by atoms with E-state index in [2.05, 4.69) is 10.3 Å². The number of ether oxygens (including phenoxy) is 2. The summed E-state index contributed by atoms with van der Waals surface area (Å²) in [4.78, 5) is 46.6. The van der Waals surface area contributed by atoms with Crippen LogP contribution < -0.4 is 10.1 Å². The van der Waals surface area contributed by atoms with E-state index in [1.165, 1.54) is 0 Å². The Morgan fingerprint density at radius 3 is 2.68 bits per heavy atom. The summed E-state index contributed by atoms with van der Waals surface area (Å²) in [5.74, 6) is 0.0440. The summed E-state index contributed by atoms with van der Waals surface area (Å²) in [6.07, 6.45) is 4.68. The number of pyridine rings is 1. The van der Waals surface area contributed by atoms with Crippen LogP contribution in [0.4, 0.5) is 0 Å². The van der Waals surface area contributed by atoms with E-state index in [9.17, 15) is 14.4 Å². The summed E-state index contributed by atoms with van der Waals surface area (Å²) >= 11 is 0. The Balaban J connectivity index is 1.58. The van der Waals surface area contributed by atoms with E-state index >= 15 is 0 Å². The van der Waals surface area contributed by atoms with Crippen LogP contribution in [0.2, 0.25) is 0 Å². The fourth-order valence-corrected chi connectivity index (χ4v) is 4.60. The molecule has 1 aromatic heterocycles. The second-order valence-corrected chi connectivity index (χ2v) is 8.49. The Hall–Kier alpha value is -3.46. The van der Waals surface area contributed by atoms with Gasteiger partial charge >= 0.3 is 0 Å². The van der Waals surface area contributed by atoms with Crippen LogP contribution in [-0.2, 0) is 20.9 Å². The number of amides is 3. The summed E-state index contributed by atoms with van der Waals surface area (Å²) in [7, 11) is 1.54. The summed E-state index contributed by atoms with van der Waals surface area (Å²) in [6.45, 7) is 3.17. The number of hydrogen-bond acceptors (Lipinski definition) is 6. The number of benzene rings is 1. The lowest BCUT2D eigenvalue weighted by atomic mass is 9.96. The van der Waals surface area contributed by atoms with Crippen LogP contribution in [0.1, 0.15) is 42.1 Å². The molecule has 1 N–H and O–H groups in total. The first-order valence-electron chi connectivity index (χ1n) is 11.5. The quantitative estimate of drug-likeness (QED) is 0.699. The van der Waals surface area contributed by atoms with Gasteiger partial charge in [-0.3, -0.25) is 24.3 Å². The molecule has 1 spiro atoms. The van der Waals surface area contributed by atoms with Crippen LogP contribution in [0.5, 0.6) is 5.75 Å². The van der Waals surface area contributed by atoms with E-state index in [1.807, 2.05) is 13.0 Å². The van der Waals surface area contributed by atoms with Crippen molar-refractivity contribution in [2.24, 2.45) is 0 Å². The molecule has 1 atom stereocenters. The first-order valence-corrected chi connectivity index (χ1v) is 11.5. The Kier molecular flexibility index (Phi) is 7.12. The molecule has 2 fully saturated rings. The van der Waals surface area contributed by atoms with Gasteiger partial charge in [0.15, 0.2) is 0 Å². The molecule has 0 radical (unpaired) electrons. The molecule has 9 heteroatoms. The molecule has 4 rings (SSSR count). The van der Waals surface area contributed by atoms with Crippen molar-refractivity contribution >= 4 is 17.7 Å². The highest BCUT2D eigenvalue weighted by molar-refractivity contribution is 5.98. The standard InChI is InChI=1S/C25H30N4O5/c1-3-22(30)28-12-9-25(10-13-28)29(24(32)19-7-4-8-20(14-19)33-2)21(17-34-25)23(31)27-16-18-6-5-11-26-15-18/h4-8,11,14-15,21H,3,9-10,12-13,16-17H2,1-2H3,(H,27,31)/t21-/m1/s1. The zero-order chi connectivity index (χ0) is 24.1. The molecule has 0 saturated carbocycles. The van der Waals surface area contributed by atoms with Gasteiger partial charge in [0.1, 0.15) is 17.5 Å². The average Bonchev–Trinajstić information content (AvgIpc) is 3.25. The number of piperidine rings is 1. The van der Waals surface area contributed by atoms with Crippen LogP contribution in [-0.4, -0.2) is 71.1 Å². The zero-order valence-electron chi connectivity index (χ0n) is 19.5. The molecule has 0 bridgehead atoms. The molecular formula is C25H30N4O5. The van der Waals surface area contributed by atoms with E-state index in [1.54, 1.807) is 59.6 Å². The van der Waals surface area contributed by atoms with E-state index in [-0.39, 0.29) is 24.3 Å². The smallest absolute Gasteiger partial charge is 0.257 e. The van der Waals surface area contributed by atoms with E-state index < -0.39 is 11.8 Å². The third-order valence-electron chi connectivity index (χ3n) is 6.49. The highest BCUT2D eigenvalue weighted by atomic mass is 16.5. The maximum absolute atomic E-state index is 13.8. The van der Waals surface area contributed by atoms with Gasteiger partial charge in [0.05, 0.1) is 13.7 Å². The van der Waals surface area contributed by atoms with Crippen molar-refractivity contribution in [2.45, 2.75) is 44.5 Å². The Morgan fingerprint density at radius 2 is 2.00 bits per heavy atom. The van der Waals surface area contributed by atoms with Crippen LogP contribution in [0.3, 0.4) is 0 Å². The van der Waals surface area contributed by atoms with Gasteiger partial charge < -0.3 is 19.7 Å². The maximum Gasteiger partial charge on any atom is 0.257 e. The number of aromatic nitrogens is 1. The highest BCUT2D eigenvalue weighted by Crippen LogP contribution is 2.39. The summed E-state index contributed by atoms with van der Waals surface area (Å²) in [5.41, 5.74) is 0.337. The van der Waals surface area contributed by atoms with Gasteiger partial charge in [-0.2, -0.15) is 0 Å². The van der Waals surface area contributed by atoms with Crippen molar-refractivity contribution in [1.82, 2.24) is 20.1 Å². The summed E-state index contributed by atoms with van der Waals surface area (Å²) in [5, 5.41) is 2.92. The molecular weight excluding hydrogens is 436 g/mol. The lowest BCUT2D eigenvalue weighted by molar-refractivity contribution is -0.143. The third kappa shape index (κ3) is 4.75. The fraction of sp³-hybridized carbons (Fsp3) is 0.440. The number of hydrogen-bond donors (Lipinski definition) is 1. The van der Waals surface area contributed by atoms with Gasteiger partial charge in [-0.15, -0.1) is 0 Å². The van der Waals surface area contributed by atoms with Gasteiger partial charge in [0.25, 0.3) is 5.91 Å². The molecule has 0 aliphatic carbocycles. The van der Waals surface area contributed by atoms with Crippen molar-refractivity contribution in [2.75, 3.05) is 26.8 Å². The average molecular weight is 467 g/mol. The number of carbonyl (C=O) groups excluding carboxylic acids is 3. The molecule has 34 heavy (non-hydrogen) atoms. The van der Waals surface area contributed by atoms with Crippen molar-refractivity contribution in [3.05, 3.63) is 59.9 Å². The van der Waals surface area contributed by atoms with Crippen LogP contribution in [0.25, 0.3) is 0 Å². The molecule has 2 aliphatic rings. The van der Waals surface area contributed by atoms with Crippen molar-refractivity contribution in [1.29, 1.82) is 0 Å². The molecule has 0 unspecified atom stereocenters. The largest absolute Gasteiger partial charge is 0.497 e. The minimum atomic E-state index is -0.943. The first kappa shape index (κ1) is 23.7.